The van der Waals surface area contributed by atoms with E-state index < -0.39 is 12.1 Å². The van der Waals surface area contributed by atoms with E-state index in [0.29, 0.717) is 24.2 Å². The standard InChI is InChI=1S/C28H24N4O3/c1-17-25-21(19-11-5-7-13-22(19)30-25)15-24-27(34)32(28(35)31(17)24)23-14-8-6-12-20(23)26(33)29-16-18-9-3-2-4-10-18/h2-14,17,24,30H,15-16H2,1H3,(H,29,33)/t17-,24+/m1/s1. The topological polar surface area (TPSA) is 85.5 Å². The summed E-state index contributed by atoms with van der Waals surface area (Å²) >= 11 is 0. The van der Waals surface area contributed by atoms with Gasteiger partial charge < -0.3 is 15.2 Å². The Morgan fingerprint density at radius 2 is 1.69 bits per heavy atom. The fourth-order valence-corrected chi connectivity index (χ4v) is 5.32. The summed E-state index contributed by atoms with van der Waals surface area (Å²) in [5, 5.41) is 3.98. The Morgan fingerprint density at radius 1 is 0.971 bits per heavy atom. The zero-order valence-corrected chi connectivity index (χ0v) is 19.2. The molecule has 7 nitrogen and oxygen atoms in total. The number of hydrogen-bond donors (Lipinski definition) is 2. The van der Waals surface area contributed by atoms with Gasteiger partial charge in [0.05, 0.1) is 17.3 Å². The number of aromatic amines is 1. The fraction of sp³-hybridized carbons (Fsp3) is 0.179. The van der Waals surface area contributed by atoms with Crippen LogP contribution >= 0.6 is 0 Å². The van der Waals surface area contributed by atoms with Crippen LogP contribution in [0.4, 0.5) is 10.5 Å². The lowest BCUT2D eigenvalue weighted by Crippen LogP contribution is -2.42. The number of rotatable bonds is 4. The molecule has 1 aromatic heterocycles. The summed E-state index contributed by atoms with van der Waals surface area (Å²) in [5.74, 6) is -0.639. The van der Waals surface area contributed by atoms with E-state index in [-0.39, 0.29) is 17.9 Å². The molecule has 0 aliphatic carbocycles. The molecule has 7 heteroatoms. The normalized spacial score (nSPS) is 19.1. The molecule has 1 saturated heterocycles. The molecule has 4 aromatic rings. The van der Waals surface area contributed by atoms with Crippen LogP contribution in [0.1, 0.15) is 40.1 Å². The number of nitrogens with one attached hydrogen (secondary N) is 2. The van der Waals surface area contributed by atoms with Gasteiger partial charge in [0.15, 0.2) is 0 Å². The maximum absolute atomic E-state index is 13.6. The average molecular weight is 465 g/mol. The largest absolute Gasteiger partial charge is 0.356 e. The third-order valence-electron chi connectivity index (χ3n) is 7.02. The summed E-state index contributed by atoms with van der Waals surface area (Å²) in [4.78, 5) is 46.6. The Balaban J connectivity index is 1.32. The maximum atomic E-state index is 13.6. The van der Waals surface area contributed by atoms with Crippen molar-refractivity contribution < 1.29 is 14.4 Å². The number of carbonyl (C=O) groups is 3. The van der Waals surface area contributed by atoms with Crippen molar-refractivity contribution in [3.63, 3.8) is 0 Å². The highest BCUT2D eigenvalue weighted by atomic mass is 16.2. The molecule has 35 heavy (non-hydrogen) atoms. The number of carbonyl (C=O) groups excluding carboxylic acids is 3. The van der Waals surface area contributed by atoms with Crippen LogP contribution in [-0.2, 0) is 17.8 Å². The molecule has 2 N–H and O–H groups in total. The van der Waals surface area contributed by atoms with E-state index in [1.807, 2.05) is 61.5 Å². The van der Waals surface area contributed by atoms with Crippen molar-refractivity contribution in [1.29, 1.82) is 0 Å². The Bertz CT molecular complexity index is 1480. The van der Waals surface area contributed by atoms with Crippen molar-refractivity contribution in [3.05, 3.63) is 101 Å². The second kappa shape index (κ2) is 8.13. The summed E-state index contributed by atoms with van der Waals surface area (Å²) in [6.07, 6.45) is 0.438. The van der Waals surface area contributed by atoms with Gasteiger partial charge in [0, 0.05) is 29.6 Å². The molecule has 4 amide bonds. The Hall–Kier alpha value is -4.39. The molecule has 1 fully saturated rings. The third-order valence-corrected chi connectivity index (χ3v) is 7.02. The number of H-pyrrole nitrogens is 1. The SMILES string of the molecule is C[C@@H]1c2[nH]c3ccccc3c2C[C@H]2C(=O)N(c3ccccc3C(=O)NCc3ccccc3)C(=O)N12. The number of benzene rings is 3. The van der Waals surface area contributed by atoms with Crippen LogP contribution < -0.4 is 10.2 Å². The van der Waals surface area contributed by atoms with Gasteiger partial charge in [-0.1, -0.05) is 60.7 Å². The fourth-order valence-electron chi connectivity index (χ4n) is 5.32. The molecule has 174 valence electrons. The van der Waals surface area contributed by atoms with Crippen molar-refractivity contribution in [3.8, 4) is 0 Å². The Labute approximate surface area is 202 Å². The molecule has 0 saturated carbocycles. The number of amides is 4. The van der Waals surface area contributed by atoms with Gasteiger partial charge in [-0.15, -0.1) is 0 Å². The molecule has 2 aliphatic heterocycles. The van der Waals surface area contributed by atoms with Gasteiger partial charge >= 0.3 is 6.03 Å². The summed E-state index contributed by atoms with van der Waals surface area (Å²) < 4.78 is 0. The third kappa shape index (κ3) is 3.31. The van der Waals surface area contributed by atoms with Crippen LogP contribution in [0.3, 0.4) is 0 Å². The molecule has 3 heterocycles. The number of anilines is 1. The van der Waals surface area contributed by atoms with Crippen LogP contribution in [0, 0.1) is 0 Å². The van der Waals surface area contributed by atoms with Crippen molar-refractivity contribution in [2.75, 3.05) is 4.90 Å². The highest BCUT2D eigenvalue weighted by molar-refractivity contribution is 6.24. The number of aromatic nitrogens is 1. The van der Waals surface area contributed by atoms with Gasteiger partial charge in [-0.3, -0.25) is 9.59 Å². The number of urea groups is 1. The second-order valence-electron chi connectivity index (χ2n) is 9.01. The first-order valence-electron chi connectivity index (χ1n) is 11.7. The smallest absolute Gasteiger partial charge is 0.332 e. The number of imide groups is 1. The van der Waals surface area contributed by atoms with Crippen LogP contribution in [0.25, 0.3) is 10.9 Å². The van der Waals surface area contributed by atoms with Crippen molar-refractivity contribution >= 4 is 34.4 Å². The monoisotopic (exact) mass is 464 g/mol. The van der Waals surface area contributed by atoms with Gasteiger partial charge in [-0.25, -0.2) is 9.69 Å². The first kappa shape index (κ1) is 21.2. The van der Waals surface area contributed by atoms with E-state index in [1.165, 1.54) is 4.90 Å². The molecule has 0 bridgehead atoms. The van der Waals surface area contributed by atoms with Gasteiger partial charge in [0.25, 0.3) is 11.8 Å². The summed E-state index contributed by atoms with van der Waals surface area (Å²) in [6.45, 7) is 2.29. The minimum atomic E-state index is -0.607. The van der Waals surface area contributed by atoms with E-state index >= 15 is 0 Å². The predicted molar refractivity (Wildman–Crippen MR) is 133 cm³/mol. The minimum Gasteiger partial charge on any atom is -0.356 e. The highest BCUT2D eigenvalue weighted by Gasteiger charge is 2.52. The number of hydrogen-bond acceptors (Lipinski definition) is 3. The van der Waals surface area contributed by atoms with E-state index in [0.717, 1.165) is 27.7 Å². The van der Waals surface area contributed by atoms with Crippen LogP contribution in [-0.4, -0.2) is 33.8 Å². The number of nitrogens with zero attached hydrogens (tertiary/aromatic N) is 2. The van der Waals surface area contributed by atoms with E-state index in [2.05, 4.69) is 10.3 Å². The van der Waals surface area contributed by atoms with Crippen molar-refractivity contribution in [1.82, 2.24) is 15.2 Å². The van der Waals surface area contributed by atoms with E-state index in [1.54, 1.807) is 29.2 Å². The summed E-state index contributed by atoms with van der Waals surface area (Å²) in [6, 6.07) is 23.1. The van der Waals surface area contributed by atoms with E-state index in [4.69, 9.17) is 0 Å². The second-order valence-corrected chi connectivity index (χ2v) is 9.01. The zero-order valence-electron chi connectivity index (χ0n) is 19.2. The average Bonchev–Trinajstić information content (AvgIpc) is 3.38. The summed E-state index contributed by atoms with van der Waals surface area (Å²) in [5.41, 5.74) is 4.60. The van der Waals surface area contributed by atoms with Gasteiger partial charge in [0.1, 0.15) is 6.04 Å². The van der Waals surface area contributed by atoms with Crippen LogP contribution in [0.15, 0.2) is 78.9 Å². The van der Waals surface area contributed by atoms with Gasteiger partial charge in [-0.2, -0.15) is 0 Å². The number of fused-ring (bicyclic) bond motifs is 4. The van der Waals surface area contributed by atoms with Crippen LogP contribution in [0.2, 0.25) is 0 Å². The van der Waals surface area contributed by atoms with Gasteiger partial charge in [-0.05, 0) is 36.2 Å². The lowest BCUT2D eigenvalue weighted by atomic mass is 9.93. The minimum absolute atomic E-state index is 0.293. The van der Waals surface area contributed by atoms with Gasteiger partial charge in [0.2, 0.25) is 0 Å². The van der Waals surface area contributed by atoms with E-state index in [9.17, 15) is 14.4 Å². The zero-order chi connectivity index (χ0) is 24.1. The molecule has 2 aliphatic rings. The molecule has 6 rings (SSSR count). The first-order valence-corrected chi connectivity index (χ1v) is 11.7. The Morgan fingerprint density at radius 3 is 2.51 bits per heavy atom. The molecule has 0 spiro atoms. The molecule has 0 radical (unpaired) electrons. The van der Waals surface area contributed by atoms with Crippen molar-refractivity contribution in [2.45, 2.75) is 32.0 Å². The molecule has 3 aromatic carbocycles. The molecular formula is C28H24N4O3. The lowest BCUT2D eigenvalue weighted by molar-refractivity contribution is -0.120. The number of para-hydroxylation sites is 2. The lowest BCUT2D eigenvalue weighted by Gasteiger charge is -2.33. The Kier molecular flexibility index (Phi) is 4.91. The summed E-state index contributed by atoms with van der Waals surface area (Å²) in [7, 11) is 0. The first-order chi connectivity index (χ1) is 17.0. The van der Waals surface area contributed by atoms with Crippen molar-refractivity contribution in [2.24, 2.45) is 0 Å². The van der Waals surface area contributed by atoms with Crippen LogP contribution in [0.5, 0.6) is 0 Å². The molecular weight excluding hydrogens is 440 g/mol. The predicted octanol–water partition coefficient (Wildman–Crippen LogP) is 4.55. The maximum Gasteiger partial charge on any atom is 0.332 e. The molecule has 0 unspecified atom stereocenters. The quantitative estimate of drug-likeness (QED) is 0.435. The molecule has 2 atom stereocenters. The highest BCUT2D eigenvalue weighted by Crippen LogP contribution is 2.42.